The Labute approximate surface area is 109 Å². The molecule has 0 aliphatic heterocycles. The van der Waals surface area contributed by atoms with Crippen molar-refractivity contribution in [3.63, 3.8) is 0 Å². The first-order valence-electron chi connectivity index (χ1n) is 5.97. The van der Waals surface area contributed by atoms with Gasteiger partial charge >= 0.3 is 5.97 Å². The number of thiophene rings is 1. The molecular formula is C13H15NO3S. The fourth-order valence-electron chi connectivity index (χ4n) is 2.04. The van der Waals surface area contributed by atoms with Gasteiger partial charge in [0.1, 0.15) is 0 Å². The molecule has 1 amide bonds. The lowest BCUT2D eigenvalue weighted by molar-refractivity contribution is -0.131. The highest BCUT2D eigenvalue weighted by Gasteiger charge is 2.18. The number of carboxylic acid groups (broad SMARTS) is 1. The molecule has 1 aliphatic rings. The first kappa shape index (κ1) is 12.8. The minimum Gasteiger partial charge on any atom is -0.478 e. The molecule has 1 saturated carbocycles. The largest absolute Gasteiger partial charge is 0.478 e. The van der Waals surface area contributed by atoms with Gasteiger partial charge in [-0.05, 0) is 31.1 Å². The zero-order valence-electron chi connectivity index (χ0n) is 9.89. The SMILES string of the molecule is O=C(O)C=Cc1ccc(C(=O)NC2CCCC2)s1. The number of amides is 1. The molecule has 4 nitrogen and oxygen atoms in total. The van der Waals surface area contributed by atoms with Crippen molar-refractivity contribution in [1.82, 2.24) is 5.32 Å². The van der Waals surface area contributed by atoms with E-state index in [4.69, 9.17) is 5.11 Å². The molecule has 2 N–H and O–H groups in total. The van der Waals surface area contributed by atoms with Crippen molar-refractivity contribution >= 4 is 29.3 Å². The van der Waals surface area contributed by atoms with Crippen LogP contribution in [0.5, 0.6) is 0 Å². The monoisotopic (exact) mass is 265 g/mol. The Balaban J connectivity index is 1.96. The number of hydrogen-bond donors (Lipinski definition) is 2. The van der Waals surface area contributed by atoms with E-state index in [0.717, 1.165) is 23.8 Å². The molecule has 0 aromatic carbocycles. The third-order valence-electron chi connectivity index (χ3n) is 2.93. The maximum Gasteiger partial charge on any atom is 0.328 e. The number of nitrogens with one attached hydrogen (secondary N) is 1. The first-order chi connectivity index (χ1) is 8.65. The molecule has 0 unspecified atom stereocenters. The zero-order valence-corrected chi connectivity index (χ0v) is 10.7. The van der Waals surface area contributed by atoms with E-state index < -0.39 is 5.97 Å². The van der Waals surface area contributed by atoms with Crippen LogP contribution in [-0.2, 0) is 4.79 Å². The molecule has 1 aromatic heterocycles. The average Bonchev–Trinajstić information content (AvgIpc) is 2.96. The molecule has 18 heavy (non-hydrogen) atoms. The van der Waals surface area contributed by atoms with Gasteiger partial charge in [-0.2, -0.15) is 0 Å². The highest BCUT2D eigenvalue weighted by molar-refractivity contribution is 7.14. The summed E-state index contributed by atoms with van der Waals surface area (Å²) < 4.78 is 0. The normalized spacial score (nSPS) is 16.2. The molecule has 0 atom stereocenters. The van der Waals surface area contributed by atoms with Crippen LogP contribution in [0.3, 0.4) is 0 Å². The lowest BCUT2D eigenvalue weighted by Gasteiger charge is -2.10. The molecule has 5 heteroatoms. The van der Waals surface area contributed by atoms with Gasteiger partial charge in [0.2, 0.25) is 0 Å². The van der Waals surface area contributed by atoms with Crippen LogP contribution in [0.2, 0.25) is 0 Å². The molecule has 1 fully saturated rings. The summed E-state index contributed by atoms with van der Waals surface area (Å²) in [7, 11) is 0. The van der Waals surface area contributed by atoms with Gasteiger partial charge in [0.15, 0.2) is 0 Å². The summed E-state index contributed by atoms with van der Waals surface area (Å²) in [6.45, 7) is 0. The van der Waals surface area contributed by atoms with E-state index in [1.165, 1.54) is 30.3 Å². The Morgan fingerprint density at radius 1 is 1.33 bits per heavy atom. The van der Waals surface area contributed by atoms with Crippen LogP contribution in [0.1, 0.15) is 40.2 Å². The molecule has 0 bridgehead atoms. The summed E-state index contributed by atoms with van der Waals surface area (Å²) in [5.74, 6) is -1.04. The molecule has 2 rings (SSSR count). The van der Waals surface area contributed by atoms with E-state index in [1.807, 2.05) is 0 Å². The number of carbonyl (C=O) groups excluding carboxylic acids is 1. The number of hydrogen-bond acceptors (Lipinski definition) is 3. The second-order valence-corrected chi connectivity index (χ2v) is 5.44. The number of aliphatic carboxylic acids is 1. The quantitative estimate of drug-likeness (QED) is 0.822. The predicted molar refractivity (Wildman–Crippen MR) is 70.7 cm³/mol. The second kappa shape index (κ2) is 5.82. The van der Waals surface area contributed by atoms with Gasteiger partial charge in [-0.1, -0.05) is 12.8 Å². The van der Waals surface area contributed by atoms with Crippen LogP contribution in [0.25, 0.3) is 6.08 Å². The minimum atomic E-state index is -0.986. The van der Waals surface area contributed by atoms with E-state index in [-0.39, 0.29) is 5.91 Å². The van der Waals surface area contributed by atoms with E-state index in [1.54, 1.807) is 12.1 Å². The van der Waals surface area contributed by atoms with Crippen molar-refractivity contribution in [2.45, 2.75) is 31.7 Å². The number of carbonyl (C=O) groups is 2. The van der Waals surface area contributed by atoms with Crippen molar-refractivity contribution in [2.24, 2.45) is 0 Å². The maximum absolute atomic E-state index is 11.9. The standard InChI is InChI=1S/C13H15NO3S/c15-12(16)8-6-10-5-7-11(18-10)13(17)14-9-3-1-2-4-9/h5-9H,1-4H2,(H,14,17)(H,15,16). The van der Waals surface area contributed by atoms with Gasteiger partial charge in [-0.15, -0.1) is 11.3 Å². The van der Waals surface area contributed by atoms with Crippen LogP contribution in [0.4, 0.5) is 0 Å². The van der Waals surface area contributed by atoms with Crippen LogP contribution in [0.15, 0.2) is 18.2 Å². The van der Waals surface area contributed by atoms with E-state index >= 15 is 0 Å². The molecule has 1 aromatic rings. The average molecular weight is 265 g/mol. The van der Waals surface area contributed by atoms with Gasteiger partial charge < -0.3 is 10.4 Å². The van der Waals surface area contributed by atoms with Crippen LogP contribution < -0.4 is 5.32 Å². The summed E-state index contributed by atoms with van der Waals surface area (Å²) in [5, 5.41) is 11.5. The highest BCUT2D eigenvalue weighted by Crippen LogP contribution is 2.21. The van der Waals surface area contributed by atoms with Crippen LogP contribution >= 0.6 is 11.3 Å². The lowest BCUT2D eigenvalue weighted by Crippen LogP contribution is -2.31. The summed E-state index contributed by atoms with van der Waals surface area (Å²) >= 11 is 1.30. The number of carboxylic acids is 1. The Morgan fingerprint density at radius 2 is 2.06 bits per heavy atom. The molecule has 0 radical (unpaired) electrons. The van der Waals surface area contributed by atoms with Crippen molar-refractivity contribution in [3.05, 3.63) is 28.0 Å². The van der Waals surface area contributed by atoms with Crippen molar-refractivity contribution in [1.29, 1.82) is 0 Å². The topological polar surface area (TPSA) is 66.4 Å². The Bertz CT molecular complexity index is 472. The summed E-state index contributed by atoms with van der Waals surface area (Å²) in [6, 6.07) is 3.79. The Kier molecular flexibility index (Phi) is 4.15. The minimum absolute atomic E-state index is 0.0538. The maximum atomic E-state index is 11.9. The molecule has 0 spiro atoms. The van der Waals surface area contributed by atoms with Gasteiger partial charge in [0, 0.05) is 17.0 Å². The zero-order chi connectivity index (χ0) is 13.0. The molecule has 1 aliphatic carbocycles. The Hall–Kier alpha value is -1.62. The van der Waals surface area contributed by atoms with Gasteiger partial charge in [-0.25, -0.2) is 4.79 Å². The lowest BCUT2D eigenvalue weighted by atomic mass is 10.2. The third-order valence-corrected chi connectivity index (χ3v) is 3.98. The highest BCUT2D eigenvalue weighted by atomic mass is 32.1. The van der Waals surface area contributed by atoms with Gasteiger partial charge in [-0.3, -0.25) is 4.79 Å². The van der Waals surface area contributed by atoms with Crippen LogP contribution in [-0.4, -0.2) is 23.0 Å². The smallest absolute Gasteiger partial charge is 0.328 e. The second-order valence-electron chi connectivity index (χ2n) is 4.33. The predicted octanol–water partition coefficient (Wildman–Crippen LogP) is 2.52. The summed E-state index contributed by atoms with van der Waals surface area (Å²) in [4.78, 5) is 23.7. The Morgan fingerprint density at radius 3 is 2.72 bits per heavy atom. The van der Waals surface area contributed by atoms with Crippen molar-refractivity contribution in [2.75, 3.05) is 0 Å². The fraction of sp³-hybridized carbons (Fsp3) is 0.385. The molecular weight excluding hydrogens is 250 g/mol. The number of rotatable bonds is 4. The molecule has 1 heterocycles. The van der Waals surface area contributed by atoms with Crippen LogP contribution in [0, 0.1) is 0 Å². The first-order valence-corrected chi connectivity index (χ1v) is 6.78. The summed E-state index contributed by atoms with van der Waals surface area (Å²) in [6.07, 6.45) is 7.06. The fourth-order valence-corrected chi connectivity index (χ4v) is 2.86. The molecule has 96 valence electrons. The van der Waals surface area contributed by atoms with Gasteiger partial charge in [0.25, 0.3) is 5.91 Å². The van der Waals surface area contributed by atoms with E-state index in [2.05, 4.69) is 5.32 Å². The van der Waals surface area contributed by atoms with E-state index in [9.17, 15) is 9.59 Å². The van der Waals surface area contributed by atoms with Crippen molar-refractivity contribution < 1.29 is 14.7 Å². The summed E-state index contributed by atoms with van der Waals surface area (Å²) in [5.41, 5.74) is 0. The van der Waals surface area contributed by atoms with Crippen molar-refractivity contribution in [3.8, 4) is 0 Å². The third kappa shape index (κ3) is 3.43. The van der Waals surface area contributed by atoms with E-state index in [0.29, 0.717) is 10.9 Å². The molecule has 0 saturated heterocycles. The van der Waals surface area contributed by atoms with Gasteiger partial charge in [0.05, 0.1) is 4.88 Å².